The fraction of sp³-hybridized carbons (Fsp3) is 0.333. The van der Waals surface area contributed by atoms with Gasteiger partial charge in [-0.1, -0.05) is 11.3 Å². The molecule has 2 aromatic carbocycles. The second-order valence-electron chi connectivity index (χ2n) is 8.87. The van der Waals surface area contributed by atoms with Gasteiger partial charge >= 0.3 is 0 Å². The summed E-state index contributed by atoms with van der Waals surface area (Å²) >= 11 is 1.45. The molecule has 0 saturated carbocycles. The molecule has 0 bridgehead atoms. The highest BCUT2D eigenvalue weighted by atomic mass is 32.1. The summed E-state index contributed by atoms with van der Waals surface area (Å²) in [7, 11) is 2.05. The largest absolute Gasteiger partial charge is 0.489 e. The summed E-state index contributed by atoms with van der Waals surface area (Å²) in [6.07, 6.45) is -0.0498. The predicted molar refractivity (Wildman–Crippen MR) is 137 cm³/mol. The van der Waals surface area contributed by atoms with Gasteiger partial charge in [0.25, 0.3) is 5.91 Å². The van der Waals surface area contributed by atoms with Crippen molar-refractivity contribution in [2.75, 3.05) is 38.5 Å². The molecule has 0 spiro atoms. The first-order chi connectivity index (χ1) is 16.8. The van der Waals surface area contributed by atoms with Crippen LogP contribution >= 0.6 is 11.3 Å². The van der Waals surface area contributed by atoms with Crippen LogP contribution in [-0.4, -0.2) is 75.9 Å². The topological polar surface area (TPSA) is 129 Å². The van der Waals surface area contributed by atoms with Crippen molar-refractivity contribution in [2.45, 2.75) is 20.0 Å². The summed E-state index contributed by atoms with van der Waals surface area (Å²) < 4.78 is 6.82. The van der Waals surface area contributed by atoms with Crippen LogP contribution in [0.3, 0.4) is 0 Å². The molecule has 35 heavy (non-hydrogen) atoms. The second-order valence-corrected chi connectivity index (χ2v) is 9.90. The molecule has 4 aromatic rings. The van der Waals surface area contributed by atoms with Gasteiger partial charge in [-0.15, -0.1) is 0 Å². The maximum Gasteiger partial charge on any atom is 0.289 e. The van der Waals surface area contributed by atoms with E-state index >= 15 is 0 Å². The average Bonchev–Trinajstić information content (AvgIpc) is 3.43. The maximum atomic E-state index is 13.0. The monoisotopic (exact) mass is 493 g/mol. The lowest BCUT2D eigenvalue weighted by molar-refractivity contribution is 0.0653. The van der Waals surface area contributed by atoms with Gasteiger partial charge in [0.1, 0.15) is 11.3 Å². The van der Waals surface area contributed by atoms with E-state index in [0.717, 1.165) is 23.3 Å². The predicted octanol–water partition coefficient (Wildman–Crippen LogP) is 3.19. The van der Waals surface area contributed by atoms with E-state index in [-0.39, 0.29) is 12.0 Å². The summed E-state index contributed by atoms with van der Waals surface area (Å²) in [5, 5.41) is 3.89. The molecule has 3 heterocycles. The zero-order valence-electron chi connectivity index (χ0n) is 19.8. The number of rotatable bonds is 6. The first kappa shape index (κ1) is 23.1. The molecule has 0 radical (unpaired) electrons. The van der Waals surface area contributed by atoms with E-state index in [2.05, 4.69) is 27.2 Å². The number of nitrogens with two attached hydrogens (primary N) is 1. The normalized spacial score (nSPS) is 14.7. The molecule has 0 aliphatic carbocycles. The highest BCUT2D eigenvalue weighted by Gasteiger charge is 2.24. The fourth-order valence-corrected chi connectivity index (χ4v) is 4.92. The van der Waals surface area contributed by atoms with Gasteiger partial charge in [-0.05, 0) is 51.2 Å². The van der Waals surface area contributed by atoms with Crippen LogP contribution in [0, 0.1) is 0 Å². The standard InChI is InChI=1S/C24H27N7O3S/c1-13(2)34-17-6-4-14(21(25)32)12-16(17)27-24-29-20-18(35-24)7-5-15-19(20)28-22(26-15)23(33)31-10-8-30(3)9-11-31/h4-7,12-13H,8-11H2,1-3H3,(H2,25,32)(H,26,28)(H,27,29). The Bertz CT molecular complexity index is 1420. The molecule has 0 atom stereocenters. The van der Waals surface area contributed by atoms with Gasteiger partial charge in [-0.2, -0.15) is 0 Å². The van der Waals surface area contributed by atoms with Crippen molar-refractivity contribution in [3.8, 4) is 5.75 Å². The number of thiazole rings is 1. The van der Waals surface area contributed by atoms with Gasteiger partial charge in [-0.25, -0.2) is 9.97 Å². The Balaban J connectivity index is 1.47. The lowest BCUT2D eigenvalue weighted by atomic mass is 10.1. The van der Waals surface area contributed by atoms with Crippen molar-refractivity contribution >= 4 is 55.2 Å². The number of carbonyl (C=O) groups excluding carboxylic acids is 2. The zero-order chi connectivity index (χ0) is 24.7. The summed E-state index contributed by atoms with van der Waals surface area (Å²) in [5.74, 6) is 0.289. The van der Waals surface area contributed by atoms with Gasteiger partial charge in [0.05, 0.1) is 27.5 Å². The Hall–Kier alpha value is -3.70. The number of fused-ring (bicyclic) bond motifs is 3. The molecule has 1 aliphatic rings. The third-order valence-corrected chi connectivity index (χ3v) is 6.81. The van der Waals surface area contributed by atoms with E-state index in [1.807, 2.05) is 30.9 Å². The first-order valence-corrected chi connectivity index (χ1v) is 12.2. The number of hydrogen-bond donors (Lipinski definition) is 3. The molecule has 1 aliphatic heterocycles. The molecule has 4 N–H and O–H groups in total. The molecule has 2 aromatic heterocycles. The number of nitrogens with zero attached hydrogens (tertiary/aromatic N) is 4. The van der Waals surface area contributed by atoms with Crippen LogP contribution in [0.1, 0.15) is 34.8 Å². The molecule has 1 saturated heterocycles. The van der Waals surface area contributed by atoms with Crippen LogP contribution in [0.5, 0.6) is 5.75 Å². The van der Waals surface area contributed by atoms with Crippen LogP contribution in [0.25, 0.3) is 21.3 Å². The summed E-state index contributed by atoms with van der Waals surface area (Å²) in [4.78, 5) is 41.2. The number of piperazine rings is 1. The van der Waals surface area contributed by atoms with Gasteiger partial charge < -0.3 is 30.6 Å². The Kier molecular flexibility index (Phi) is 6.03. The molecule has 10 nitrogen and oxygen atoms in total. The van der Waals surface area contributed by atoms with E-state index < -0.39 is 5.91 Å². The lowest BCUT2D eigenvalue weighted by Gasteiger charge is -2.31. The molecule has 5 rings (SSSR count). The smallest absolute Gasteiger partial charge is 0.289 e. The third kappa shape index (κ3) is 4.64. The van der Waals surface area contributed by atoms with Crippen LogP contribution in [0.2, 0.25) is 0 Å². The molecular weight excluding hydrogens is 466 g/mol. The number of aromatic amines is 1. The number of hydrogen-bond acceptors (Lipinski definition) is 8. The minimum Gasteiger partial charge on any atom is -0.489 e. The maximum absolute atomic E-state index is 13.0. The molecule has 0 unspecified atom stereocenters. The van der Waals surface area contributed by atoms with Crippen LogP contribution < -0.4 is 15.8 Å². The van der Waals surface area contributed by atoms with E-state index in [1.165, 1.54) is 11.3 Å². The number of benzene rings is 2. The van der Waals surface area contributed by atoms with Crippen molar-refractivity contribution in [1.82, 2.24) is 24.8 Å². The number of primary amides is 1. The van der Waals surface area contributed by atoms with Crippen molar-refractivity contribution in [1.29, 1.82) is 0 Å². The van der Waals surface area contributed by atoms with Crippen molar-refractivity contribution in [2.24, 2.45) is 5.73 Å². The highest BCUT2D eigenvalue weighted by molar-refractivity contribution is 7.22. The van der Waals surface area contributed by atoms with Gasteiger partial charge in [0.2, 0.25) is 5.91 Å². The Morgan fingerprint density at radius 2 is 1.91 bits per heavy atom. The number of imidazole rings is 1. The van der Waals surface area contributed by atoms with Crippen molar-refractivity contribution in [3.05, 3.63) is 41.7 Å². The van der Waals surface area contributed by atoms with Gasteiger partial charge in [0.15, 0.2) is 11.0 Å². The number of likely N-dealkylation sites (N-methyl/N-ethyl adjacent to an activating group) is 1. The molecule has 2 amide bonds. The van der Waals surface area contributed by atoms with E-state index in [0.29, 0.717) is 52.1 Å². The first-order valence-electron chi connectivity index (χ1n) is 11.4. The average molecular weight is 494 g/mol. The zero-order valence-corrected chi connectivity index (χ0v) is 20.6. The van der Waals surface area contributed by atoms with Crippen molar-refractivity contribution < 1.29 is 14.3 Å². The third-order valence-electron chi connectivity index (χ3n) is 5.88. The summed E-state index contributed by atoms with van der Waals surface area (Å²) in [5.41, 5.74) is 8.56. The Labute approximate surface area is 206 Å². The number of nitrogens with one attached hydrogen (secondary N) is 2. The van der Waals surface area contributed by atoms with Crippen molar-refractivity contribution in [3.63, 3.8) is 0 Å². The minimum atomic E-state index is -0.523. The van der Waals surface area contributed by atoms with Crippen LogP contribution in [0.15, 0.2) is 30.3 Å². The SMILES string of the molecule is CC(C)Oc1ccc(C(N)=O)cc1Nc1nc2c(ccc3nc(C(=O)N4CCN(C)CC4)[nH]c32)s1. The Morgan fingerprint density at radius 3 is 2.63 bits per heavy atom. The van der Waals surface area contributed by atoms with Gasteiger partial charge in [0, 0.05) is 31.7 Å². The fourth-order valence-electron chi connectivity index (χ4n) is 4.03. The molecule has 182 valence electrons. The number of carbonyl (C=O) groups is 2. The number of anilines is 2. The van der Waals surface area contributed by atoms with Crippen LogP contribution in [0.4, 0.5) is 10.8 Å². The highest BCUT2D eigenvalue weighted by Crippen LogP contribution is 2.35. The molecule has 1 fully saturated rings. The molecule has 11 heteroatoms. The lowest BCUT2D eigenvalue weighted by Crippen LogP contribution is -2.47. The summed E-state index contributed by atoms with van der Waals surface area (Å²) in [6, 6.07) is 8.84. The number of ether oxygens (including phenoxy) is 1. The molecular formula is C24H27N7O3S. The number of H-pyrrole nitrogens is 1. The second kappa shape index (κ2) is 9.16. The van der Waals surface area contributed by atoms with E-state index in [1.54, 1.807) is 18.2 Å². The minimum absolute atomic E-state index is 0.0498. The number of amides is 2. The van der Waals surface area contributed by atoms with Crippen LogP contribution in [-0.2, 0) is 0 Å². The number of aromatic nitrogens is 3. The Morgan fingerprint density at radius 1 is 1.14 bits per heavy atom. The van der Waals surface area contributed by atoms with E-state index in [4.69, 9.17) is 15.5 Å². The summed E-state index contributed by atoms with van der Waals surface area (Å²) in [6.45, 7) is 6.90. The van der Waals surface area contributed by atoms with E-state index in [9.17, 15) is 9.59 Å². The quantitative estimate of drug-likeness (QED) is 0.376. The van der Waals surface area contributed by atoms with Gasteiger partial charge in [-0.3, -0.25) is 9.59 Å².